The first-order chi connectivity index (χ1) is 12.0. The highest BCUT2D eigenvalue weighted by molar-refractivity contribution is 6.05. The maximum atomic E-state index is 12.5. The predicted molar refractivity (Wildman–Crippen MR) is 90.9 cm³/mol. The normalized spacial score (nSPS) is 18.7. The second-order valence-corrected chi connectivity index (χ2v) is 6.44. The summed E-state index contributed by atoms with van der Waals surface area (Å²) in [5.41, 5.74) is 1.48. The Morgan fingerprint density at radius 1 is 0.840 bits per heavy atom. The van der Waals surface area contributed by atoms with Crippen molar-refractivity contribution >= 4 is 11.6 Å². The highest BCUT2D eigenvalue weighted by atomic mass is 16.3. The lowest BCUT2D eigenvalue weighted by atomic mass is 9.74. The van der Waals surface area contributed by atoms with Crippen molar-refractivity contribution in [1.82, 2.24) is 0 Å². The van der Waals surface area contributed by atoms with Gasteiger partial charge in [-0.15, -0.1) is 0 Å². The molecule has 0 radical (unpaired) electrons. The molecule has 5 nitrogen and oxygen atoms in total. The van der Waals surface area contributed by atoms with Crippen LogP contribution in [0.2, 0.25) is 0 Å². The molecule has 0 saturated heterocycles. The van der Waals surface area contributed by atoms with E-state index in [-0.39, 0.29) is 34.2 Å². The Morgan fingerprint density at radius 2 is 1.32 bits per heavy atom. The molecule has 0 bridgehead atoms. The van der Waals surface area contributed by atoms with E-state index in [0.717, 1.165) is 0 Å². The van der Waals surface area contributed by atoms with Crippen LogP contribution in [-0.2, 0) is 9.59 Å². The minimum atomic E-state index is -0.784. The lowest BCUT2D eigenvalue weighted by Gasteiger charge is -2.28. The van der Waals surface area contributed by atoms with Crippen LogP contribution in [0.25, 0.3) is 0 Å². The molecule has 1 aromatic carbocycles. The molecule has 1 aromatic rings. The number of Topliss-reactive ketones (excluding diaryl/α,β-unsaturated/α-hetero) is 2. The third kappa shape index (κ3) is 3.20. The summed E-state index contributed by atoms with van der Waals surface area (Å²) in [7, 11) is 0. The lowest BCUT2D eigenvalue weighted by molar-refractivity contribution is -0.117. The van der Waals surface area contributed by atoms with Gasteiger partial charge in [-0.1, -0.05) is 12.1 Å². The summed E-state index contributed by atoms with van der Waals surface area (Å²) in [6.45, 7) is 0. The SMILES string of the molecule is N#Cc1ccc(C(C2=C(O)CCCC2=O)C2=C(O)CCCC2=O)cc1. The van der Waals surface area contributed by atoms with Crippen LogP contribution in [0, 0.1) is 11.3 Å². The predicted octanol–water partition coefficient (Wildman–Crippen LogP) is 3.77. The van der Waals surface area contributed by atoms with Gasteiger partial charge in [0.25, 0.3) is 0 Å². The number of carbonyl (C=O) groups is 2. The van der Waals surface area contributed by atoms with Gasteiger partial charge in [0.15, 0.2) is 11.6 Å². The van der Waals surface area contributed by atoms with Crippen LogP contribution >= 0.6 is 0 Å². The Morgan fingerprint density at radius 3 is 1.72 bits per heavy atom. The van der Waals surface area contributed by atoms with Crippen molar-refractivity contribution in [2.24, 2.45) is 0 Å². The molecule has 5 heteroatoms. The molecule has 2 N–H and O–H groups in total. The molecule has 0 aliphatic heterocycles. The summed E-state index contributed by atoms with van der Waals surface area (Å²) >= 11 is 0. The number of nitriles is 1. The Bertz CT molecular complexity index is 782. The molecule has 0 spiro atoms. The Hall–Kier alpha value is -2.87. The quantitative estimate of drug-likeness (QED) is 0.874. The molecule has 0 heterocycles. The van der Waals surface area contributed by atoms with Crippen LogP contribution in [0.15, 0.2) is 46.9 Å². The fourth-order valence-corrected chi connectivity index (χ4v) is 3.58. The molecule has 0 saturated carbocycles. The van der Waals surface area contributed by atoms with Crippen molar-refractivity contribution in [1.29, 1.82) is 5.26 Å². The van der Waals surface area contributed by atoms with Gasteiger partial charge in [0, 0.05) is 42.7 Å². The molecule has 2 aliphatic rings. The van der Waals surface area contributed by atoms with E-state index in [1.165, 1.54) is 0 Å². The van der Waals surface area contributed by atoms with Crippen molar-refractivity contribution < 1.29 is 19.8 Å². The first kappa shape index (κ1) is 17.0. The van der Waals surface area contributed by atoms with Gasteiger partial charge in [-0.25, -0.2) is 0 Å². The second-order valence-electron chi connectivity index (χ2n) is 6.44. The van der Waals surface area contributed by atoms with Crippen LogP contribution in [0.4, 0.5) is 0 Å². The first-order valence-electron chi connectivity index (χ1n) is 8.43. The van der Waals surface area contributed by atoms with Gasteiger partial charge in [-0.3, -0.25) is 9.59 Å². The average molecular weight is 337 g/mol. The van der Waals surface area contributed by atoms with E-state index in [4.69, 9.17) is 5.26 Å². The molecule has 0 unspecified atom stereocenters. The number of ketones is 2. The Labute approximate surface area is 145 Å². The number of aliphatic hydroxyl groups is 2. The van der Waals surface area contributed by atoms with E-state index < -0.39 is 5.92 Å². The molecule has 0 atom stereocenters. The molecule has 0 fully saturated rings. The molecular weight excluding hydrogens is 318 g/mol. The van der Waals surface area contributed by atoms with Gasteiger partial charge >= 0.3 is 0 Å². The third-order valence-electron chi connectivity index (χ3n) is 4.81. The molecule has 25 heavy (non-hydrogen) atoms. The summed E-state index contributed by atoms with van der Waals surface area (Å²) in [5.74, 6) is -1.20. The van der Waals surface area contributed by atoms with Crippen molar-refractivity contribution in [2.75, 3.05) is 0 Å². The molecule has 0 aromatic heterocycles. The maximum absolute atomic E-state index is 12.5. The summed E-state index contributed by atoms with van der Waals surface area (Å²) < 4.78 is 0. The Kier molecular flexibility index (Phi) is 4.71. The van der Waals surface area contributed by atoms with Crippen molar-refractivity contribution in [3.8, 4) is 6.07 Å². The van der Waals surface area contributed by atoms with Crippen LogP contribution in [0.1, 0.15) is 55.6 Å². The zero-order valence-corrected chi connectivity index (χ0v) is 13.8. The van der Waals surface area contributed by atoms with Gasteiger partial charge < -0.3 is 10.2 Å². The van der Waals surface area contributed by atoms with E-state index in [1.54, 1.807) is 24.3 Å². The van der Waals surface area contributed by atoms with Crippen molar-refractivity contribution in [3.63, 3.8) is 0 Å². The van der Waals surface area contributed by atoms with Gasteiger partial charge in [0.05, 0.1) is 23.2 Å². The van der Waals surface area contributed by atoms with Gasteiger partial charge in [-0.05, 0) is 30.5 Å². The van der Waals surface area contributed by atoms with Crippen LogP contribution < -0.4 is 0 Å². The van der Waals surface area contributed by atoms with E-state index in [2.05, 4.69) is 0 Å². The molecule has 128 valence electrons. The van der Waals surface area contributed by atoms with E-state index in [9.17, 15) is 19.8 Å². The number of allylic oxidation sites excluding steroid dienone is 4. The Balaban J connectivity index is 2.20. The fourth-order valence-electron chi connectivity index (χ4n) is 3.58. The van der Waals surface area contributed by atoms with Crippen molar-refractivity contribution in [3.05, 3.63) is 58.1 Å². The van der Waals surface area contributed by atoms with Crippen LogP contribution in [0.3, 0.4) is 0 Å². The monoisotopic (exact) mass is 337 g/mol. The molecule has 0 amide bonds. The zero-order valence-electron chi connectivity index (χ0n) is 13.8. The lowest BCUT2D eigenvalue weighted by Crippen LogP contribution is -2.25. The van der Waals surface area contributed by atoms with Gasteiger partial charge in [0.2, 0.25) is 0 Å². The highest BCUT2D eigenvalue weighted by Crippen LogP contribution is 2.41. The summed E-state index contributed by atoms with van der Waals surface area (Å²) in [6, 6.07) is 8.60. The standard InChI is InChI=1S/C20H19NO4/c21-11-12-7-9-13(10-8-12)18(19-14(22)3-1-4-15(19)23)20-16(24)5-2-6-17(20)25/h7-10,18,22,24H,1-6H2. The van der Waals surface area contributed by atoms with Crippen molar-refractivity contribution in [2.45, 2.75) is 44.4 Å². The number of carbonyl (C=O) groups excluding carboxylic acids is 2. The van der Waals surface area contributed by atoms with Gasteiger partial charge in [-0.2, -0.15) is 5.26 Å². The molecular formula is C20H19NO4. The summed E-state index contributed by atoms with van der Waals surface area (Å²) in [4.78, 5) is 25.0. The second kappa shape index (κ2) is 6.94. The summed E-state index contributed by atoms with van der Waals surface area (Å²) in [5, 5.41) is 29.7. The molecule has 2 aliphatic carbocycles. The largest absolute Gasteiger partial charge is 0.512 e. The third-order valence-corrected chi connectivity index (χ3v) is 4.81. The van der Waals surface area contributed by atoms with E-state index in [0.29, 0.717) is 49.7 Å². The number of benzene rings is 1. The van der Waals surface area contributed by atoms with E-state index >= 15 is 0 Å². The van der Waals surface area contributed by atoms with E-state index in [1.807, 2.05) is 6.07 Å². The zero-order chi connectivity index (χ0) is 18.0. The minimum Gasteiger partial charge on any atom is -0.512 e. The highest BCUT2D eigenvalue weighted by Gasteiger charge is 2.37. The smallest absolute Gasteiger partial charge is 0.163 e. The number of nitrogens with zero attached hydrogens (tertiary/aromatic N) is 1. The fraction of sp³-hybridized carbons (Fsp3) is 0.350. The average Bonchev–Trinajstić information content (AvgIpc) is 2.60. The number of hydrogen-bond acceptors (Lipinski definition) is 5. The van der Waals surface area contributed by atoms with Crippen LogP contribution in [0.5, 0.6) is 0 Å². The number of aliphatic hydroxyl groups excluding tert-OH is 2. The minimum absolute atomic E-state index is 0.00992. The van der Waals surface area contributed by atoms with Gasteiger partial charge in [0.1, 0.15) is 0 Å². The number of rotatable bonds is 3. The topological polar surface area (TPSA) is 98.4 Å². The maximum Gasteiger partial charge on any atom is 0.163 e. The molecule has 3 rings (SSSR count). The summed E-state index contributed by atoms with van der Waals surface area (Å²) in [6.07, 6.45) is 2.55. The number of hydrogen-bond donors (Lipinski definition) is 2. The van der Waals surface area contributed by atoms with Crippen LogP contribution in [-0.4, -0.2) is 21.8 Å². The first-order valence-corrected chi connectivity index (χ1v) is 8.43.